The lowest BCUT2D eigenvalue weighted by Gasteiger charge is -2.44. The summed E-state index contributed by atoms with van der Waals surface area (Å²) in [5.74, 6) is -5.82. The molecule has 4 atom stereocenters. The van der Waals surface area contributed by atoms with Gasteiger partial charge < -0.3 is 5.11 Å². The van der Waals surface area contributed by atoms with Crippen molar-refractivity contribution in [3.05, 3.63) is 70.8 Å². The van der Waals surface area contributed by atoms with Crippen LogP contribution < -0.4 is 0 Å². The summed E-state index contributed by atoms with van der Waals surface area (Å²) in [6.07, 6.45) is -4.94. The largest absolute Gasteiger partial charge is 0.481 e. The van der Waals surface area contributed by atoms with E-state index in [0.29, 0.717) is 11.6 Å². The smallest absolute Gasteiger partial charge is 0.416 e. The van der Waals surface area contributed by atoms with E-state index in [-0.39, 0.29) is 12.1 Å². The topological polar surface area (TPSA) is 73.5 Å². The van der Waals surface area contributed by atoms with Crippen LogP contribution in [0.3, 0.4) is 0 Å². The number of rotatable bonds is 4. The van der Waals surface area contributed by atoms with Gasteiger partial charge in [-0.1, -0.05) is 18.2 Å². The number of hydrogen-bond acceptors (Lipinski definition) is 3. The molecule has 1 aliphatic rings. The molecule has 168 valence electrons. The second kappa shape index (κ2) is 8.34. The van der Waals surface area contributed by atoms with Gasteiger partial charge in [0.1, 0.15) is 11.6 Å². The maximum atomic E-state index is 13.8. The van der Waals surface area contributed by atoms with E-state index in [1.807, 2.05) is 6.07 Å². The molecular formula is C23H19F5N2O2. The van der Waals surface area contributed by atoms with Gasteiger partial charge in [-0.15, -0.1) is 0 Å². The van der Waals surface area contributed by atoms with Gasteiger partial charge in [0.25, 0.3) is 0 Å². The van der Waals surface area contributed by atoms with Gasteiger partial charge in [-0.2, -0.15) is 18.4 Å². The summed E-state index contributed by atoms with van der Waals surface area (Å²) in [6.45, 7) is 2.70. The van der Waals surface area contributed by atoms with Gasteiger partial charge in [-0.3, -0.25) is 9.79 Å². The quantitative estimate of drug-likeness (QED) is 0.636. The molecule has 32 heavy (non-hydrogen) atoms. The molecule has 0 saturated carbocycles. The Balaban J connectivity index is 2.22. The fourth-order valence-corrected chi connectivity index (χ4v) is 4.24. The number of nitrogens with zero attached hydrogens (tertiary/aromatic N) is 2. The molecule has 4 nitrogen and oxygen atoms in total. The van der Waals surface area contributed by atoms with E-state index in [1.165, 1.54) is 38.1 Å². The van der Waals surface area contributed by atoms with Crippen molar-refractivity contribution in [2.45, 2.75) is 38.4 Å². The molecule has 0 bridgehead atoms. The summed E-state index contributed by atoms with van der Waals surface area (Å²) >= 11 is 0. The first-order valence-corrected chi connectivity index (χ1v) is 9.70. The number of aliphatic carboxylic acids is 1. The number of hydrogen-bond donors (Lipinski definition) is 1. The number of carboxylic acid groups (broad SMARTS) is 1. The molecule has 2 aromatic rings. The third kappa shape index (κ3) is 4.09. The molecule has 0 saturated heterocycles. The van der Waals surface area contributed by atoms with Gasteiger partial charge in [-0.05, 0) is 49.2 Å². The first-order valence-electron chi connectivity index (χ1n) is 9.70. The highest BCUT2D eigenvalue weighted by atomic mass is 19.4. The maximum Gasteiger partial charge on any atom is 0.416 e. The summed E-state index contributed by atoms with van der Waals surface area (Å²) in [7, 11) is 0. The average Bonchev–Trinajstić information content (AvgIpc) is 2.71. The van der Waals surface area contributed by atoms with E-state index in [2.05, 4.69) is 4.99 Å². The molecule has 0 fully saturated rings. The van der Waals surface area contributed by atoms with Crippen molar-refractivity contribution < 1.29 is 31.9 Å². The van der Waals surface area contributed by atoms with E-state index in [9.17, 15) is 37.1 Å². The number of aliphatic imine (C=N–C) groups is 1. The molecule has 1 heterocycles. The van der Waals surface area contributed by atoms with Crippen LogP contribution >= 0.6 is 0 Å². The summed E-state index contributed by atoms with van der Waals surface area (Å²) in [6, 6.07) is 8.26. The summed E-state index contributed by atoms with van der Waals surface area (Å²) < 4.78 is 68.3. The maximum absolute atomic E-state index is 13.8. The lowest BCUT2D eigenvalue weighted by Crippen LogP contribution is -2.51. The van der Waals surface area contributed by atoms with Crippen LogP contribution in [0, 0.1) is 34.3 Å². The number of carboxylic acids is 1. The van der Waals surface area contributed by atoms with Gasteiger partial charge in [-0.25, -0.2) is 8.78 Å². The Labute approximate surface area is 181 Å². The average molecular weight is 450 g/mol. The third-order valence-electron chi connectivity index (χ3n) is 6.12. The van der Waals surface area contributed by atoms with Gasteiger partial charge in [0.05, 0.1) is 29.0 Å². The minimum absolute atomic E-state index is 0.0254. The molecule has 9 heteroatoms. The monoisotopic (exact) mass is 450 g/mol. The SMILES string of the molecule is CC1N=C(Cc2ccc(F)cc2)C(C#N)C(c2ccc(F)cc2C(F)(F)F)C1(C)C(=O)O. The second-order valence-corrected chi connectivity index (χ2v) is 8.00. The van der Waals surface area contributed by atoms with Crippen LogP contribution in [0.25, 0.3) is 0 Å². The number of nitriles is 1. The third-order valence-corrected chi connectivity index (χ3v) is 6.12. The fraction of sp³-hybridized carbons (Fsp3) is 0.348. The van der Waals surface area contributed by atoms with E-state index in [0.717, 1.165) is 12.1 Å². The Morgan fingerprint density at radius 2 is 1.75 bits per heavy atom. The van der Waals surface area contributed by atoms with Crippen molar-refractivity contribution in [2.24, 2.45) is 16.3 Å². The van der Waals surface area contributed by atoms with Crippen LogP contribution in [0.15, 0.2) is 47.5 Å². The Morgan fingerprint density at radius 1 is 1.16 bits per heavy atom. The van der Waals surface area contributed by atoms with Crippen molar-refractivity contribution >= 4 is 11.7 Å². The molecule has 4 unspecified atom stereocenters. The van der Waals surface area contributed by atoms with Crippen LogP contribution in [0.5, 0.6) is 0 Å². The second-order valence-electron chi connectivity index (χ2n) is 8.00. The van der Waals surface area contributed by atoms with Crippen LogP contribution in [0.1, 0.15) is 36.5 Å². The molecule has 3 rings (SSSR count). The normalized spacial score (nSPS) is 25.7. The van der Waals surface area contributed by atoms with Gasteiger partial charge >= 0.3 is 12.1 Å². The number of carbonyl (C=O) groups is 1. The number of alkyl halides is 3. The van der Waals surface area contributed by atoms with E-state index >= 15 is 0 Å². The zero-order valence-corrected chi connectivity index (χ0v) is 17.1. The van der Waals surface area contributed by atoms with Crippen molar-refractivity contribution in [3.8, 4) is 6.07 Å². The highest BCUT2D eigenvalue weighted by molar-refractivity contribution is 5.95. The predicted octanol–water partition coefficient (Wildman–Crippen LogP) is 5.38. The minimum atomic E-state index is -4.97. The minimum Gasteiger partial charge on any atom is -0.481 e. The predicted molar refractivity (Wildman–Crippen MR) is 106 cm³/mol. The molecule has 0 radical (unpaired) electrons. The molecule has 2 aromatic carbocycles. The highest BCUT2D eigenvalue weighted by Crippen LogP contribution is 2.51. The highest BCUT2D eigenvalue weighted by Gasteiger charge is 2.56. The van der Waals surface area contributed by atoms with Gasteiger partial charge in [0, 0.05) is 18.1 Å². The fourth-order valence-electron chi connectivity index (χ4n) is 4.24. The molecule has 0 spiro atoms. The standard InChI is InChI=1S/C23H19F5N2O2/c1-12-22(2,21(31)32)20(16-8-7-15(25)10-18(16)23(26,27)28)17(11-29)19(30-12)9-13-3-5-14(24)6-4-13/h3-8,10,12,17,20H,9H2,1-2H3,(H,31,32). The molecule has 0 aromatic heterocycles. The van der Waals surface area contributed by atoms with Crippen LogP contribution in [0.4, 0.5) is 22.0 Å². The molecule has 1 N–H and O–H groups in total. The number of halogens is 5. The van der Waals surface area contributed by atoms with E-state index in [4.69, 9.17) is 0 Å². The van der Waals surface area contributed by atoms with Crippen molar-refractivity contribution in [1.29, 1.82) is 5.26 Å². The molecule has 1 aliphatic heterocycles. The first-order chi connectivity index (χ1) is 14.9. The van der Waals surface area contributed by atoms with Gasteiger partial charge in [0.2, 0.25) is 0 Å². The Bertz CT molecular complexity index is 1100. The van der Waals surface area contributed by atoms with Gasteiger partial charge in [0.15, 0.2) is 0 Å². The molecule has 0 aliphatic carbocycles. The van der Waals surface area contributed by atoms with E-state index < -0.39 is 58.2 Å². The summed E-state index contributed by atoms with van der Waals surface area (Å²) in [4.78, 5) is 16.7. The van der Waals surface area contributed by atoms with Crippen molar-refractivity contribution in [1.82, 2.24) is 0 Å². The molecular weight excluding hydrogens is 431 g/mol. The summed E-state index contributed by atoms with van der Waals surface area (Å²) in [5.41, 5.74) is -2.93. The Hall–Kier alpha value is -3.28. The zero-order valence-electron chi connectivity index (χ0n) is 17.1. The lowest BCUT2D eigenvalue weighted by molar-refractivity contribution is -0.152. The number of benzene rings is 2. The Morgan fingerprint density at radius 3 is 2.28 bits per heavy atom. The van der Waals surface area contributed by atoms with Crippen LogP contribution in [-0.2, 0) is 17.4 Å². The zero-order chi connectivity index (χ0) is 23.8. The molecule has 0 amide bonds. The van der Waals surface area contributed by atoms with E-state index in [1.54, 1.807) is 0 Å². The Kier molecular flexibility index (Phi) is 6.09. The van der Waals surface area contributed by atoms with Crippen molar-refractivity contribution in [3.63, 3.8) is 0 Å². The lowest BCUT2D eigenvalue weighted by atomic mass is 9.60. The van der Waals surface area contributed by atoms with Crippen LogP contribution in [-0.4, -0.2) is 22.8 Å². The first kappa shape index (κ1) is 23.4. The van der Waals surface area contributed by atoms with Crippen molar-refractivity contribution in [2.75, 3.05) is 0 Å². The van der Waals surface area contributed by atoms with Crippen LogP contribution in [0.2, 0.25) is 0 Å². The summed E-state index contributed by atoms with van der Waals surface area (Å²) in [5, 5.41) is 19.9.